The van der Waals surface area contributed by atoms with Crippen molar-refractivity contribution >= 4 is 21.0 Å². The molecule has 1 rings (SSSR count). The van der Waals surface area contributed by atoms with Crippen molar-refractivity contribution in [2.75, 3.05) is 11.9 Å². The Labute approximate surface area is 103 Å². The summed E-state index contributed by atoms with van der Waals surface area (Å²) in [6, 6.07) is 1.33. The molecule has 2 unspecified atom stereocenters. The summed E-state index contributed by atoms with van der Waals surface area (Å²) in [5, 5.41) is 5.58. The lowest BCUT2D eigenvalue weighted by atomic mass is 10.5. The van der Waals surface area contributed by atoms with Crippen LogP contribution < -0.4 is 5.32 Å². The van der Waals surface area contributed by atoms with Crippen LogP contribution in [0.25, 0.3) is 0 Å². The third-order valence-corrected chi connectivity index (χ3v) is 5.77. The average Bonchev–Trinajstić information content (AvgIpc) is 2.58. The Morgan fingerprint density at radius 3 is 2.50 bits per heavy atom. The number of anilines is 1. The number of rotatable bonds is 6. The number of aryl methyl sites for hydroxylation is 1. The van der Waals surface area contributed by atoms with Crippen LogP contribution in [0.3, 0.4) is 0 Å². The van der Waals surface area contributed by atoms with Crippen molar-refractivity contribution in [1.29, 1.82) is 0 Å². The summed E-state index contributed by atoms with van der Waals surface area (Å²) >= 11 is 0. The van der Waals surface area contributed by atoms with Gasteiger partial charge >= 0.3 is 15.2 Å². The molecule has 104 valence electrons. The third kappa shape index (κ3) is 3.91. The van der Waals surface area contributed by atoms with Crippen molar-refractivity contribution in [3.05, 3.63) is 11.8 Å². The fraction of sp³-hybridized carbons (Fsp3) is 0.571. The van der Waals surface area contributed by atoms with Crippen LogP contribution in [0.1, 0.15) is 12.7 Å². The molecule has 1 heterocycles. The molecule has 9 nitrogen and oxygen atoms in total. The van der Waals surface area contributed by atoms with Crippen molar-refractivity contribution in [1.82, 2.24) is 5.16 Å². The van der Waals surface area contributed by atoms with Gasteiger partial charge < -0.3 is 29.0 Å². The van der Waals surface area contributed by atoms with Gasteiger partial charge in [0.05, 0.1) is 6.61 Å². The highest BCUT2D eigenvalue weighted by molar-refractivity contribution is 7.71. The standard InChI is InChI=1S/C7H14N2O7P2/c1-3-15-18(13,14)7(17(10,11)12)8-6-4-5(2)16-9-6/h4,7H,3H2,1-2H3,(H,8,9)(H,13,14)(H2,10,11,12). The average molecular weight is 300 g/mol. The first-order chi connectivity index (χ1) is 8.16. The Hall–Kier alpha value is -0.690. The summed E-state index contributed by atoms with van der Waals surface area (Å²) in [7, 11) is -9.45. The summed E-state index contributed by atoms with van der Waals surface area (Å²) < 4.78 is 32.1. The smallest absolute Gasteiger partial charge is 0.360 e. The van der Waals surface area contributed by atoms with Crippen molar-refractivity contribution in [3.63, 3.8) is 0 Å². The second kappa shape index (κ2) is 5.52. The van der Waals surface area contributed by atoms with Gasteiger partial charge in [-0.1, -0.05) is 5.16 Å². The minimum atomic E-state index is -4.91. The second-order valence-electron chi connectivity index (χ2n) is 3.41. The highest BCUT2D eigenvalue weighted by Crippen LogP contribution is 2.62. The summed E-state index contributed by atoms with van der Waals surface area (Å²) in [6.07, 6.45) is 0. The largest absolute Gasteiger partial charge is 0.362 e. The van der Waals surface area contributed by atoms with Gasteiger partial charge in [0.15, 0.2) is 5.82 Å². The Morgan fingerprint density at radius 1 is 1.50 bits per heavy atom. The lowest BCUT2D eigenvalue weighted by molar-refractivity contribution is 0.267. The Balaban J connectivity index is 3.00. The van der Waals surface area contributed by atoms with E-state index in [2.05, 4.69) is 19.5 Å². The van der Waals surface area contributed by atoms with E-state index in [9.17, 15) is 14.0 Å². The van der Waals surface area contributed by atoms with Crippen LogP contribution in [-0.2, 0) is 13.7 Å². The third-order valence-electron chi connectivity index (χ3n) is 1.85. The SMILES string of the molecule is CCOP(=O)(O)C(Nc1cc(C)on1)P(=O)(O)O. The van der Waals surface area contributed by atoms with Crippen molar-refractivity contribution in [3.8, 4) is 0 Å². The molecule has 18 heavy (non-hydrogen) atoms. The zero-order valence-electron chi connectivity index (χ0n) is 9.68. The van der Waals surface area contributed by atoms with Crippen LogP contribution in [-0.4, -0.2) is 32.0 Å². The molecule has 0 radical (unpaired) electrons. The molecule has 0 spiro atoms. The predicted octanol–water partition coefficient (Wildman–Crippen LogP) is 1.08. The maximum Gasteiger partial charge on any atom is 0.362 e. The number of hydrogen-bond acceptors (Lipinski definition) is 6. The molecule has 0 aliphatic heterocycles. The predicted molar refractivity (Wildman–Crippen MR) is 62.1 cm³/mol. The number of hydrogen-bond donors (Lipinski definition) is 4. The van der Waals surface area contributed by atoms with E-state index < -0.39 is 20.7 Å². The molecule has 2 atom stereocenters. The van der Waals surface area contributed by atoms with Gasteiger partial charge in [0.2, 0.25) is 5.52 Å². The topological polar surface area (TPSA) is 142 Å². The monoisotopic (exact) mass is 300 g/mol. The minimum absolute atomic E-state index is 0.0604. The van der Waals surface area contributed by atoms with Gasteiger partial charge in [-0.2, -0.15) is 0 Å². The van der Waals surface area contributed by atoms with E-state index in [0.717, 1.165) is 0 Å². The summed E-state index contributed by atoms with van der Waals surface area (Å²) in [5.41, 5.74) is -2.09. The Bertz CT molecular complexity index is 496. The molecule has 0 aliphatic rings. The van der Waals surface area contributed by atoms with Gasteiger partial charge in [0, 0.05) is 6.07 Å². The molecule has 0 aliphatic carbocycles. The summed E-state index contributed by atoms with van der Waals surface area (Å²) in [6.45, 7) is 2.83. The zero-order valence-corrected chi connectivity index (χ0v) is 11.5. The van der Waals surface area contributed by atoms with Crippen LogP contribution in [0, 0.1) is 6.92 Å². The van der Waals surface area contributed by atoms with E-state index >= 15 is 0 Å². The zero-order chi connectivity index (χ0) is 14.0. The highest BCUT2D eigenvalue weighted by Gasteiger charge is 2.46. The fourth-order valence-electron chi connectivity index (χ4n) is 1.18. The van der Waals surface area contributed by atoms with Crippen molar-refractivity contribution < 1.29 is 32.9 Å². The lowest BCUT2D eigenvalue weighted by Gasteiger charge is -2.23. The first kappa shape index (κ1) is 15.4. The van der Waals surface area contributed by atoms with Gasteiger partial charge in [-0.25, -0.2) is 0 Å². The Kier molecular flexibility index (Phi) is 4.72. The van der Waals surface area contributed by atoms with Gasteiger partial charge in [-0.15, -0.1) is 0 Å². The molecule has 0 bridgehead atoms. The second-order valence-corrected chi connectivity index (χ2v) is 7.42. The van der Waals surface area contributed by atoms with E-state index in [-0.39, 0.29) is 12.4 Å². The molecule has 0 saturated heterocycles. The highest BCUT2D eigenvalue weighted by atomic mass is 31.2. The number of nitrogens with zero attached hydrogens (tertiary/aromatic N) is 1. The van der Waals surface area contributed by atoms with Crippen LogP contribution >= 0.6 is 15.2 Å². The maximum absolute atomic E-state index is 11.7. The molecule has 0 amide bonds. The quantitative estimate of drug-likeness (QED) is 0.567. The van der Waals surface area contributed by atoms with E-state index in [4.69, 9.17) is 9.79 Å². The maximum atomic E-state index is 11.7. The van der Waals surface area contributed by atoms with Crippen molar-refractivity contribution in [2.45, 2.75) is 19.4 Å². The van der Waals surface area contributed by atoms with E-state index in [1.165, 1.54) is 13.0 Å². The summed E-state index contributed by atoms with van der Waals surface area (Å²) in [5.74, 6) is 0.320. The van der Waals surface area contributed by atoms with Gasteiger partial charge in [0.1, 0.15) is 5.76 Å². The van der Waals surface area contributed by atoms with Gasteiger partial charge in [-0.05, 0) is 13.8 Å². The van der Waals surface area contributed by atoms with Crippen LogP contribution in [0.15, 0.2) is 10.6 Å². The molecule has 0 fully saturated rings. The number of nitrogens with one attached hydrogen (secondary N) is 1. The lowest BCUT2D eigenvalue weighted by Crippen LogP contribution is -2.21. The van der Waals surface area contributed by atoms with Crippen LogP contribution in [0.5, 0.6) is 0 Å². The fourth-order valence-corrected chi connectivity index (χ4v) is 4.01. The van der Waals surface area contributed by atoms with Gasteiger partial charge in [0.25, 0.3) is 0 Å². The molecule has 4 N–H and O–H groups in total. The molecule has 1 aromatic rings. The first-order valence-corrected chi connectivity index (χ1v) is 8.21. The first-order valence-electron chi connectivity index (χ1n) is 4.89. The molecule has 11 heteroatoms. The molecule has 1 aromatic heterocycles. The van der Waals surface area contributed by atoms with E-state index in [1.807, 2.05) is 0 Å². The normalized spacial score (nSPS) is 17.2. The molecular formula is C7H14N2O7P2. The van der Waals surface area contributed by atoms with E-state index in [1.54, 1.807) is 6.92 Å². The number of aromatic nitrogens is 1. The minimum Gasteiger partial charge on any atom is -0.360 e. The van der Waals surface area contributed by atoms with Crippen LogP contribution in [0.4, 0.5) is 5.82 Å². The molecule has 0 saturated carbocycles. The van der Waals surface area contributed by atoms with Crippen molar-refractivity contribution in [2.24, 2.45) is 0 Å². The van der Waals surface area contributed by atoms with Gasteiger partial charge in [-0.3, -0.25) is 9.13 Å². The molecule has 0 aromatic carbocycles. The summed E-state index contributed by atoms with van der Waals surface area (Å²) in [4.78, 5) is 27.7. The van der Waals surface area contributed by atoms with E-state index in [0.29, 0.717) is 5.76 Å². The van der Waals surface area contributed by atoms with Crippen LogP contribution in [0.2, 0.25) is 0 Å². The molecular weight excluding hydrogens is 286 g/mol. The Morgan fingerprint density at radius 2 is 2.11 bits per heavy atom.